The van der Waals surface area contributed by atoms with Crippen molar-refractivity contribution in [1.82, 2.24) is 4.98 Å². The molecule has 0 bridgehead atoms. The topological polar surface area (TPSA) is 64.4 Å². The molecule has 1 aliphatic rings. The largest absolute Gasteiger partial charge is 0.473 e. The summed E-state index contributed by atoms with van der Waals surface area (Å²) >= 11 is 0. The normalized spacial score (nSPS) is 14.3. The highest BCUT2D eigenvalue weighted by molar-refractivity contribution is 5.46. The summed E-state index contributed by atoms with van der Waals surface area (Å²) < 4.78 is 45.3. The molecule has 0 saturated heterocycles. The Labute approximate surface area is 182 Å². The summed E-state index contributed by atoms with van der Waals surface area (Å²) in [6.07, 6.45) is 5.91. The average molecular weight is 430 g/mol. The van der Waals surface area contributed by atoms with Crippen LogP contribution in [0.2, 0.25) is 0 Å². The predicted molar refractivity (Wildman–Crippen MR) is 112 cm³/mol. The van der Waals surface area contributed by atoms with Crippen LogP contribution < -0.4 is 9.47 Å². The third kappa shape index (κ3) is 5.13. The van der Waals surface area contributed by atoms with E-state index >= 15 is 0 Å². The first kappa shape index (κ1) is 23.0. The Morgan fingerprint density at radius 3 is 2.35 bits per heavy atom. The van der Waals surface area contributed by atoms with Crippen molar-refractivity contribution in [2.75, 3.05) is 20.5 Å². The van der Waals surface area contributed by atoms with Crippen LogP contribution in [0.25, 0.3) is 0 Å². The van der Waals surface area contributed by atoms with E-state index in [-0.39, 0.29) is 13.2 Å². The summed E-state index contributed by atoms with van der Waals surface area (Å²) in [6, 6.07) is 5.43. The van der Waals surface area contributed by atoms with E-state index < -0.39 is 24.0 Å². The maximum atomic E-state index is 14.8. The molecule has 0 atom stereocenters. The van der Waals surface area contributed by atoms with Crippen LogP contribution in [0.15, 0.2) is 12.1 Å². The Morgan fingerprint density at radius 2 is 1.74 bits per heavy atom. The van der Waals surface area contributed by atoms with Crippen LogP contribution >= 0.6 is 0 Å². The van der Waals surface area contributed by atoms with Crippen molar-refractivity contribution in [1.29, 1.82) is 5.26 Å². The molecule has 0 radical (unpaired) electrons. The monoisotopic (exact) mass is 430 g/mol. The van der Waals surface area contributed by atoms with Gasteiger partial charge in [0.25, 0.3) is 0 Å². The van der Waals surface area contributed by atoms with E-state index in [0.29, 0.717) is 28.4 Å². The van der Waals surface area contributed by atoms with E-state index in [1.54, 1.807) is 27.0 Å². The predicted octanol–water partition coefficient (Wildman–Crippen LogP) is 5.50. The minimum atomic E-state index is -0.777. The van der Waals surface area contributed by atoms with E-state index in [4.69, 9.17) is 24.5 Å². The van der Waals surface area contributed by atoms with Gasteiger partial charge < -0.3 is 14.2 Å². The van der Waals surface area contributed by atoms with Gasteiger partial charge in [-0.1, -0.05) is 19.3 Å². The number of methoxy groups -OCH3 is 1. The highest BCUT2D eigenvalue weighted by atomic mass is 19.1. The summed E-state index contributed by atoms with van der Waals surface area (Å²) in [4.78, 5) is 4.86. The van der Waals surface area contributed by atoms with Gasteiger partial charge in [0.2, 0.25) is 0 Å². The Hall–Kier alpha value is -2.72. The maximum Gasteiger partial charge on any atom is 0.192 e. The van der Waals surface area contributed by atoms with Gasteiger partial charge in [0.1, 0.15) is 11.8 Å². The lowest BCUT2D eigenvalue weighted by Gasteiger charge is -2.24. The van der Waals surface area contributed by atoms with Gasteiger partial charge in [-0.25, -0.2) is 8.78 Å². The molecule has 0 amide bonds. The second-order valence-corrected chi connectivity index (χ2v) is 7.88. The first-order valence-corrected chi connectivity index (χ1v) is 10.6. The molecular formula is C24H28F2N2O3. The maximum absolute atomic E-state index is 14.8. The number of benzene rings is 1. The Morgan fingerprint density at radius 1 is 1.06 bits per heavy atom. The SMILES string of the molecule is COCOc1ccc(Cc2c(C)c(F)c(OCC#N)c(F)c2C)nc1C1CCCCC1. The van der Waals surface area contributed by atoms with E-state index in [1.807, 2.05) is 12.1 Å². The quantitative estimate of drug-likeness (QED) is 0.518. The summed E-state index contributed by atoms with van der Waals surface area (Å²) in [5.74, 6) is -1.05. The third-order valence-electron chi connectivity index (χ3n) is 5.87. The number of aromatic nitrogens is 1. The highest BCUT2D eigenvalue weighted by Crippen LogP contribution is 2.37. The zero-order chi connectivity index (χ0) is 22.4. The van der Waals surface area contributed by atoms with Gasteiger partial charge in [0, 0.05) is 25.1 Å². The zero-order valence-corrected chi connectivity index (χ0v) is 18.3. The molecule has 3 rings (SSSR count). The summed E-state index contributed by atoms with van der Waals surface area (Å²) in [5.41, 5.74) is 2.74. The smallest absolute Gasteiger partial charge is 0.192 e. The molecule has 1 heterocycles. The van der Waals surface area contributed by atoms with Crippen molar-refractivity contribution in [2.24, 2.45) is 0 Å². The van der Waals surface area contributed by atoms with Gasteiger partial charge in [-0.2, -0.15) is 5.26 Å². The summed E-state index contributed by atoms with van der Waals surface area (Å²) in [5, 5.41) is 8.66. The van der Waals surface area contributed by atoms with Crippen LogP contribution in [0.4, 0.5) is 8.78 Å². The van der Waals surface area contributed by atoms with E-state index in [9.17, 15) is 8.78 Å². The van der Waals surface area contributed by atoms with Crippen LogP contribution in [0.5, 0.6) is 11.5 Å². The molecule has 0 aliphatic heterocycles. The lowest BCUT2D eigenvalue weighted by Crippen LogP contribution is -2.12. The van der Waals surface area contributed by atoms with E-state index in [0.717, 1.165) is 37.1 Å². The first-order chi connectivity index (χ1) is 15.0. The van der Waals surface area contributed by atoms with Gasteiger partial charge in [-0.15, -0.1) is 0 Å². The molecular weight excluding hydrogens is 402 g/mol. The third-order valence-corrected chi connectivity index (χ3v) is 5.87. The molecule has 1 aromatic carbocycles. The van der Waals surface area contributed by atoms with Crippen LogP contribution in [0.3, 0.4) is 0 Å². The van der Waals surface area contributed by atoms with E-state index in [2.05, 4.69) is 0 Å². The van der Waals surface area contributed by atoms with Crippen molar-refractivity contribution in [3.05, 3.63) is 51.8 Å². The van der Waals surface area contributed by atoms with Crippen LogP contribution in [-0.2, 0) is 11.2 Å². The van der Waals surface area contributed by atoms with Crippen molar-refractivity contribution in [2.45, 2.75) is 58.3 Å². The van der Waals surface area contributed by atoms with Gasteiger partial charge in [-0.05, 0) is 55.5 Å². The average Bonchev–Trinajstić information content (AvgIpc) is 2.80. The molecule has 0 N–H and O–H groups in total. The fourth-order valence-electron chi connectivity index (χ4n) is 4.18. The number of pyridine rings is 1. The standard InChI is InChI=1S/C24H28F2N2O3/c1-15-19(16(2)22(26)24(21(15)25)30-12-11-27)13-18-9-10-20(31-14-29-3)23(28-18)17-7-5-4-6-8-17/h9-10,17H,4-8,12-14H2,1-3H3. The fourth-order valence-corrected chi connectivity index (χ4v) is 4.18. The van der Waals surface area contributed by atoms with Crippen molar-refractivity contribution >= 4 is 0 Å². The van der Waals surface area contributed by atoms with Crippen LogP contribution in [-0.4, -0.2) is 25.5 Å². The minimum Gasteiger partial charge on any atom is -0.473 e. The number of rotatable bonds is 8. The van der Waals surface area contributed by atoms with Gasteiger partial charge in [0.15, 0.2) is 30.8 Å². The van der Waals surface area contributed by atoms with E-state index in [1.165, 1.54) is 6.42 Å². The molecule has 2 aromatic rings. The van der Waals surface area contributed by atoms with Crippen molar-refractivity contribution in [3.63, 3.8) is 0 Å². The summed E-state index contributed by atoms with van der Waals surface area (Å²) in [7, 11) is 1.57. The number of hydrogen-bond acceptors (Lipinski definition) is 5. The molecule has 0 spiro atoms. The van der Waals surface area contributed by atoms with Crippen molar-refractivity contribution in [3.8, 4) is 17.6 Å². The minimum absolute atomic E-state index is 0.138. The lowest BCUT2D eigenvalue weighted by atomic mass is 9.86. The number of hydrogen-bond donors (Lipinski definition) is 0. The Balaban J connectivity index is 1.96. The molecule has 1 aromatic heterocycles. The van der Waals surface area contributed by atoms with Gasteiger partial charge in [-0.3, -0.25) is 4.98 Å². The second kappa shape index (κ2) is 10.5. The molecule has 5 nitrogen and oxygen atoms in total. The first-order valence-electron chi connectivity index (χ1n) is 10.6. The van der Waals surface area contributed by atoms with Crippen LogP contribution in [0.1, 0.15) is 66.1 Å². The summed E-state index contributed by atoms with van der Waals surface area (Å²) in [6.45, 7) is 2.91. The number of nitrogens with zero attached hydrogens (tertiary/aromatic N) is 2. The Bertz CT molecular complexity index is 937. The molecule has 0 unspecified atom stereocenters. The highest BCUT2D eigenvalue weighted by Gasteiger charge is 2.24. The lowest BCUT2D eigenvalue weighted by molar-refractivity contribution is 0.0496. The molecule has 1 saturated carbocycles. The second-order valence-electron chi connectivity index (χ2n) is 7.88. The van der Waals surface area contributed by atoms with Gasteiger partial charge in [0.05, 0.1) is 5.69 Å². The molecule has 1 aliphatic carbocycles. The number of ether oxygens (including phenoxy) is 3. The Kier molecular flexibility index (Phi) is 7.80. The molecule has 166 valence electrons. The van der Waals surface area contributed by atoms with Crippen molar-refractivity contribution < 1.29 is 23.0 Å². The zero-order valence-electron chi connectivity index (χ0n) is 18.3. The van der Waals surface area contributed by atoms with Gasteiger partial charge >= 0.3 is 0 Å². The molecule has 7 heteroatoms. The number of halogens is 2. The number of nitriles is 1. The van der Waals surface area contributed by atoms with Crippen LogP contribution in [0, 0.1) is 36.8 Å². The molecule has 1 fully saturated rings. The fraction of sp³-hybridized carbons (Fsp3) is 0.500. The molecule has 31 heavy (non-hydrogen) atoms.